The van der Waals surface area contributed by atoms with Crippen LogP contribution in [0.3, 0.4) is 0 Å². The van der Waals surface area contributed by atoms with E-state index >= 15 is 0 Å². The first kappa shape index (κ1) is 28.4. The number of carbonyl (C=O) groups is 1. The van der Waals surface area contributed by atoms with E-state index in [9.17, 15) is 4.79 Å². The summed E-state index contributed by atoms with van der Waals surface area (Å²) in [5.74, 6) is 1.86. The highest BCUT2D eigenvalue weighted by Gasteiger charge is 2.41. The molecule has 4 heterocycles. The van der Waals surface area contributed by atoms with E-state index in [1.807, 2.05) is 13.0 Å². The highest BCUT2D eigenvalue weighted by Crippen LogP contribution is 2.47. The highest BCUT2D eigenvalue weighted by molar-refractivity contribution is 6.41. The Kier molecular flexibility index (Phi) is 8.05. The Bertz CT molecular complexity index is 1430. The van der Waals surface area contributed by atoms with E-state index in [-0.39, 0.29) is 23.3 Å². The molecular weight excluding hydrogens is 557 g/mol. The fraction of sp³-hybridized carbons (Fsp3) is 0.429. The molecule has 2 fully saturated rings. The Morgan fingerprint density at radius 3 is 2.50 bits per heavy atom. The largest absolute Gasteiger partial charge is 0.495 e. The van der Waals surface area contributed by atoms with Crippen molar-refractivity contribution in [2.75, 3.05) is 57.8 Å². The fourth-order valence-corrected chi connectivity index (χ4v) is 5.75. The van der Waals surface area contributed by atoms with Gasteiger partial charge in [0, 0.05) is 42.7 Å². The van der Waals surface area contributed by atoms with Gasteiger partial charge in [-0.3, -0.25) is 4.79 Å². The number of nitrogens with one attached hydrogen (secondary N) is 1. The molecule has 1 N–H and O–H groups in total. The first-order valence-corrected chi connectivity index (χ1v) is 13.5. The Labute approximate surface area is 242 Å². The molecule has 0 aliphatic carbocycles. The summed E-state index contributed by atoms with van der Waals surface area (Å²) in [7, 11) is 4.75. The van der Waals surface area contributed by atoms with Crippen molar-refractivity contribution in [2.24, 2.45) is 5.92 Å². The van der Waals surface area contributed by atoms with E-state index in [0.717, 1.165) is 5.39 Å². The lowest BCUT2D eigenvalue weighted by molar-refractivity contribution is -0.115. The molecule has 2 aliphatic heterocycles. The van der Waals surface area contributed by atoms with E-state index in [2.05, 4.69) is 21.8 Å². The Morgan fingerprint density at radius 1 is 1.18 bits per heavy atom. The topological polar surface area (TPSA) is 108 Å². The third-order valence-corrected chi connectivity index (χ3v) is 8.17. The van der Waals surface area contributed by atoms with Crippen molar-refractivity contribution in [3.05, 3.63) is 41.0 Å². The van der Waals surface area contributed by atoms with E-state index in [4.69, 9.17) is 52.1 Å². The molecule has 2 saturated heterocycles. The molecule has 0 bridgehead atoms. The predicted octanol–water partition coefficient (Wildman–Crippen LogP) is 4.81. The third-order valence-electron chi connectivity index (χ3n) is 7.42. The van der Waals surface area contributed by atoms with Gasteiger partial charge in [0.05, 0.1) is 67.9 Å². The number of carbonyl (C=O) groups excluding carboxylic acids is 1. The minimum atomic E-state index is -0.307. The minimum Gasteiger partial charge on any atom is -0.495 e. The fourth-order valence-electron chi connectivity index (χ4n) is 5.06. The van der Waals surface area contributed by atoms with Crippen LogP contribution in [0.15, 0.2) is 31.0 Å². The normalized spacial score (nSPS) is 19.8. The quantitative estimate of drug-likeness (QED) is 0.332. The number of halogens is 2. The second-order valence-electron chi connectivity index (χ2n) is 10.2. The van der Waals surface area contributed by atoms with Crippen LogP contribution in [0.2, 0.25) is 10.0 Å². The van der Waals surface area contributed by atoms with Gasteiger partial charge in [-0.15, -0.1) is 0 Å². The molecule has 0 spiro atoms. The van der Waals surface area contributed by atoms with Crippen LogP contribution in [-0.4, -0.2) is 80.0 Å². The van der Waals surface area contributed by atoms with E-state index in [1.54, 1.807) is 19.4 Å². The van der Waals surface area contributed by atoms with Crippen LogP contribution in [0, 0.1) is 5.92 Å². The monoisotopic (exact) mass is 587 g/mol. The maximum absolute atomic E-state index is 12.0. The molecule has 0 amide bonds. The first-order valence-electron chi connectivity index (χ1n) is 12.8. The maximum Gasteiger partial charge on any atom is 0.223 e. The smallest absolute Gasteiger partial charge is 0.223 e. The molecule has 2 aromatic heterocycles. The van der Waals surface area contributed by atoms with Gasteiger partial charge >= 0.3 is 0 Å². The van der Waals surface area contributed by atoms with Crippen LogP contribution < -0.4 is 19.7 Å². The summed E-state index contributed by atoms with van der Waals surface area (Å²) in [6.07, 6.45) is 3.42. The van der Waals surface area contributed by atoms with Crippen LogP contribution in [0.4, 0.5) is 11.8 Å². The Balaban J connectivity index is 1.58. The SMILES string of the molecule is C=CC(=O)C[C@H]1COC[C@H]1Nc1ncc2cc(-c3c(Cl)c(OC)cc(OC)c3Cl)nc(N3CC(C)(OC)C3)c2n1. The number of rotatable bonds is 10. The van der Waals surface area contributed by atoms with Crippen molar-refractivity contribution in [1.29, 1.82) is 0 Å². The zero-order valence-corrected chi connectivity index (χ0v) is 24.3. The minimum absolute atomic E-state index is 0.00473. The number of anilines is 2. The molecule has 212 valence electrons. The second kappa shape index (κ2) is 11.4. The molecule has 3 aromatic rings. The van der Waals surface area contributed by atoms with Crippen molar-refractivity contribution in [1.82, 2.24) is 15.0 Å². The van der Waals surface area contributed by atoms with Gasteiger partial charge in [0.2, 0.25) is 5.95 Å². The number of ketones is 1. The number of ether oxygens (including phenoxy) is 4. The zero-order chi connectivity index (χ0) is 28.6. The number of aromatic nitrogens is 3. The molecular formula is C28H31Cl2N5O5. The number of fused-ring (bicyclic) bond motifs is 1. The first-order chi connectivity index (χ1) is 19.2. The molecule has 10 nitrogen and oxygen atoms in total. The molecule has 12 heteroatoms. The summed E-state index contributed by atoms with van der Waals surface area (Å²) >= 11 is 13.5. The summed E-state index contributed by atoms with van der Waals surface area (Å²) in [5.41, 5.74) is 1.35. The summed E-state index contributed by atoms with van der Waals surface area (Å²) in [6.45, 7) is 7.79. The summed E-state index contributed by atoms with van der Waals surface area (Å²) < 4.78 is 22.3. The standard InChI is InChI=1S/C28H31Cl2N5O5/c1-6-17(36)7-16-11-40-12-19(16)33-27-31-10-15-8-18(22-23(29)20(37-3)9-21(38-4)24(22)30)32-26(25(15)34-27)35-13-28(2,14-35)39-5/h6,8-10,16,19H,1,7,11-14H2,2-5H3,(H,31,33,34)/t16-,19+/m0/s1. The van der Waals surface area contributed by atoms with Crippen molar-refractivity contribution in [3.8, 4) is 22.8 Å². The van der Waals surface area contributed by atoms with Gasteiger partial charge in [-0.2, -0.15) is 0 Å². The highest BCUT2D eigenvalue weighted by atomic mass is 35.5. The number of hydrogen-bond donors (Lipinski definition) is 1. The van der Waals surface area contributed by atoms with Crippen LogP contribution in [0.5, 0.6) is 11.5 Å². The zero-order valence-electron chi connectivity index (χ0n) is 22.8. The number of pyridine rings is 1. The lowest BCUT2D eigenvalue weighted by Crippen LogP contribution is -2.61. The molecule has 40 heavy (non-hydrogen) atoms. The summed E-state index contributed by atoms with van der Waals surface area (Å²) in [6, 6.07) is 3.37. The van der Waals surface area contributed by atoms with Gasteiger partial charge in [0.25, 0.3) is 0 Å². The third kappa shape index (κ3) is 5.28. The number of methoxy groups -OCH3 is 3. The van der Waals surface area contributed by atoms with Crippen LogP contribution in [-0.2, 0) is 14.3 Å². The maximum atomic E-state index is 12.0. The van der Waals surface area contributed by atoms with Crippen LogP contribution >= 0.6 is 23.2 Å². The Morgan fingerprint density at radius 2 is 1.88 bits per heavy atom. The van der Waals surface area contributed by atoms with E-state index < -0.39 is 0 Å². The number of allylic oxidation sites excluding steroid dienone is 1. The lowest BCUT2D eigenvalue weighted by Gasteiger charge is -2.47. The molecule has 0 unspecified atom stereocenters. The number of benzene rings is 1. The van der Waals surface area contributed by atoms with Crippen molar-refractivity contribution >= 4 is 51.7 Å². The van der Waals surface area contributed by atoms with Crippen molar-refractivity contribution in [3.63, 3.8) is 0 Å². The van der Waals surface area contributed by atoms with Gasteiger partial charge in [0.1, 0.15) is 17.0 Å². The summed E-state index contributed by atoms with van der Waals surface area (Å²) in [5, 5.41) is 4.73. The molecule has 5 rings (SSSR count). The van der Waals surface area contributed by atoms with Crippen LogP contribution in [0.25, 0.3) is 22.2 Å². The number of hydrogen-bond acceptors (Lipinski definition) is 10. The molecule has 2 aliphatic rings. The summed E-state index contributed by atoms with van der Waals surface area (Å²) in [4.78, 5) is 28.5. The average molecular weight is 588 g/mol. The van der Waals surface area contributed by atoms with Gasteiger partial charge in [-0.05, 0) is 19.1 Å². The lowest BCUT2D eigenvalue weighted by atomic mass is 9.96. The molecule has 2 atom stereocenters. The van der Waals surface area contributed by atoms with Gasteiger partial charge in [-0.1, -0.05) is 29.8 Å². The van der Waals surface area contributed by atoms with Gasteiger partial charge in [-0.25, -0.2) is 15.0 Å². The number of nitrogens with zero attached hydrogens (tertiary/aromatic N) is 4. The van der Waals surface area contributed by atoms with Crippen molar-refractivity contribution in [2.45, 2.75) is 25.0 Å². The molecule has 1 aromatic carbocycles. The predicted molar refractivity (Wildman–Crippen MR) is 155 cm³/mol. The van der Waals surface area contributed by atoms with Gasteiger partial charge in [0.15, 0.2) is 11.6 Å². The van der Waals surface area contributed by atoms with Crippen molar-refractivity contribution < 1.29 is 23.7 Å². The second-order valence-corrected chi connectivity index (χ2v) is 10.9. The van der Waals surface area contributed by atoms with Gasteiger partial charge < -0.3 is 29.2 Å². The van der Waals surface area contributed by atoms with E-state index in [1.165, 1.54) is 20.3 Å². The van der Waals surface area contributed by atoms with E-state index in [0.29, 0.717) is 82.8 Å². The van der Waals surface area contributed by atoms with Crippen LogP contribution in [0.1, 0.15) is 13.3 Å². The molecule has 0 saturated carbocycles. The molecule has 0 radical (unpaired) electrons. The Hall–Kier alpha value is -3.18. The average Bonchev–Trinajstić information content (AvgIpc) is 3.37.